The van der Waals surface area contributed by atoms with Crippen molar-refractivity contribution in [3.05, 3.63) is 90.8 Å². The standard InChI is InChI=1S/C18H15N5/c1-3-9-16(10-4-1)20-22-18(15-8-7-13-19-14-15)23-21-17-11-5-2-6-12-17/h1-14,20H/b22-18+,23-21?. The van der Waals surface area contributed by atoms with Crippen LogP contribution >= 0.6 is 0 Å². The molecule has 2 aromatic carbocycles. The van der Waals surface area contributed by atoms with Gasteiger partial charge in [-0.3, -0.25) is 10.4 Å². The second kappa shape index (κ2) is 7.61. The third kappa shape index (κ3) is 4.31. The molecule has 3 rings (SSSR count). The first kappa shape index (κ1) is 14.6. The molecule has 23 heavy (non-hydrogen) atoms. The maximum Gasteiger partial charge on any atom is 0.202 e. The summed E-state index contributed by atoms with van der Waals surface area (Å²) in [5.41, 5.74) is 5.42. The van der Waals surface area contributed by atoms with Crippen LogP contribution in [0.3, 0.4) is 0 Å². The lowest BCUT2D eigenvalue weighted by atomic mass is 10.3. The van der Waals surface area contributed by atoms with Gasteiger partial charge in [0.25, 0.3) is 0 Å². The summed E-state index contributed by atoms with van der Waals surface area (Å²) in [6.07, 6.45) is 3.41. The van der Waals surface area contributed by atoms with Crippen LogP contribution < -0.4 is 5.43 Å². The van der Waals surface area contributed by atoms with Crippen LogP contribution in [0.15, 0.2) is 101 Å². The van der Waals surface area contributed by atoms with Crippen molar-refractivity contribution in [1.82, 2.24) is 4.98 Å². The van der Waals surface area contributed by atoms with Crippen LogP contribution in [0, 0.1) is 0 Å². The highest BCUT2D eigenvalue weighted by Gasteiger charge is 2.02. The van der Waals surface area contributed by atoms with Gasteiger partial charge in [0.15, 0.2) is 0 Å². The molecule has 0 aliphatic heterocycles. The van der Waals surface area contributed by atoms with E-state index in [1.54, 1.807) is 12.4 Å². The van der Waals surface area contributed by atoms with Gasteiger partial charge in [0.1, 0.15) is 0 Å². The number of azo groups is 1. The molecule has 1 heterocycles. The average molecular weight is 301 g/mol. The molecule has 0 spiro atoms. The summed E-state index contributed by atoms with van der Waals surface area (Å²) in [7, 11) is 0. The molecule has 0 bridgehead atoms. The number of anilines is 1. The molecule has 0 amide bonds. The summed E-state index contributed by atoms with van der Waals surface area (Å²) < 4.78 is 0. The minimum absolute atomic E-state index is 0.464. The second-order valence-electron chi connectivity index (χ2n) is 4.69. The molecule has 0 aliphatic carbocycles. The smallest absolute Gasteiger partial charge is 0.202 e. The molecule has 1 N–H and O–H groups in total. The number of hydrogen-bond acceptors (Lipinski definition) is 4. The van der Waals surface area contributed by atoms with E-state index in [2.05, 4.69) is 25.7 Å². The van der Waals surface area contributed by atoms with Crippen LogP contribution in [0.2, 0.25) is 0 Å². The van der Waals surface area contributed by atoms with Crippen molar-refractivity contribution in [3.63, 3.8) is 0 Å². The number of para-hydroxylation sites is 1. The quantitative estimate of drug-likeness (QED) is 0.330. The lowest BCUT2D eigenvalue weighted by Crippen LogP contribution is -2.01. The summed E-state index contributed by atoms with van der Waals surface area (Å²) >= 11 is 0. The van der Waals surface area contributed by atoms with Crippen LogP contribution in [0.4, 0.5) is 11.4 Å². The molecule has 0 unspecified atom stereocenters. The number of hydrazone groups is 1. The molecule has 0 saturated carbocycles. The molecule has 0 radical (unpaired) electrons. The number of hydrogen-bond donors (Lipinski definition) is 1. The summed E-state index contributed by atoms with van der Waals surface area (Å²) in [5.74, 6) is 0.464. The van der Waals surface area contributed by atoms with E-state index in [0.29, 0.717) is 5.84 Å². The zero-order chi connectivity index (χ0) is 15.7. The summed E-state index contributed by atoms with van der Waals surface area (Å²) in [6.45, 7) is 0. The van der Waals surface area contributed by atoms with E-state index in [9.17, 15) is 0 Å². The van der Waals surface area contributed by atoms with Gasteiger partial charge in [-0.2, -0.15) is 5.10 Å². The highest BCUT2D eigenvalue weighted by molar-refractivity contribution is 5.99. The van der Waals surface area contributed by atoms with Crippen LogP contribution in [-0.4, -0.2) is 10.8 Å². The van der Waals surface area contributed by atoms with Gasteiger partial charge in [-0.05, 0) is 36.4 Å². The first-order valence-corrected chi connectivity index (χ1v) is 7.18. The zero-order valence-corrected chi connectivity index (χ0v) is 12.4. The van der Waals surface area contributed by atoms with Gasteiger partial charge in [-0.25, -0.2) is 0 Å². The van der Waals surface area contributed by atoms with Crippen molar-refractivity contribution in [2.45, 2.75) is 0 Å². The van der Waals surface area contributed by atoms with Crippen molar-refractivity contribution in [3.8, 4) is 0 Å². The number of nitrogens with one attached hydrogen (secondary N) is 1. The van der Waals surface area contributed by atoms with Gasteiger partial charge in [0.05, 0.1) is 11.4 Å². The van der Waals surface area contributed by atoms with Crippen molar-refractivity contribution in [2.24, 2.45) is 15.3 Å². The molecule has 5 nitrogen and oxygen atoms in total. The molecule has 0 saturated heterocycles. The van der Waals surface area contributed by atoms with Crippen molar-refractivity contribution >= 4 is 17.2 Å². The largest absolute Gasteiger partial charge is 0.276 e. The van der Waals surface area contributed by atoms with Crippen LogP contribution in [-0.2, 0) is 0 Å². The number of benzene rings is 2. The van der Waals surface area contributed by atoms with Crippen LogP contribution in [0.1, 0.15) is 5.56 Å². The van der Waals surface area contributed by atoms with Gasteiger partial charge in [-0.15, -0.1) is 10.2 Å². The summed E-state index contributed by atoms with van der Waals surface area (Å²) in [5, 5.41) is 12.8. The van der Waals surface area contributed by atoms with E-state index in [0.717, 1.165) is 16.9 Å². The minimum atomic E-state index is 0.464. The van der Waals surface area contributed by atoms with E-state index < -0.39 is 0 Å². The van der Waals surface area contributed by atoms with E-state index in [4.69, 9.17) is 0 Å². The van der Waals surface area contributed by atoms with E-state index >= 15 is 0 Å². The van der Waals surface area contributed by atoms with E-state index in [1.807, 2.05) is 72.8 Å². The molecular weight excluding hydrogens is 286 g/mol. The Morgan fingerprint density at radius 3 is 2.26 bits per heavy atom. The Kier molecular flexibility index (Phi) is 4.83. The summed E-state index contributed by atoms with van der Waals surface area (Å²) in [6, 6.07) is 22.9. The minimum Gasteiger partial charge on any atom is -0.276 e. The predicted octanol–water partition coefficient (Wildman–Crippen LogP) is 4.64. The first-order valence-electron chi connectivity index (χ1n) is 7.18. The van der Waals surface area contributed by atoms with Crippen LogP contribution in [0.5, 0.6) is 0 Å². The highest BCUT2D eigenvalue weighted by Crippen LogP contribution is 2.12. The van der Waals surface area contributed by atoms with Crippen molar-refractivity contribution in [2.75, 3.05) is 5.43 Å². The SMILES string of the molecule is c1ccc(N=N/C(=N/Nc2ccccc2)c2cccnc2)cc1. The van der Waals surface area contributed by atoms with Gasteiger partial charge in [-0.1, -0.05) is 36.4 Å². The lowest BCUT2D eigenvalue weighted by Gasteiger charge is -2.02. The predicted molar refractivity (Wildman–Crippen MR) is 91.8 cm³/mol. The molecule has 5 heteroatoms. The molecule has 1 aromatic heterocycles. The molecule has 112 valence electrons. The molecule has 0 fully saturated rings. The van der Waals surface area contributed by atoms with Crippen LogP contribution in [0.25, 0.3) is 0 Å². The number of rotatable bonds is 4. The topological polar surface area (TPSA) is 62.0 Å². The average Bonchev–Trinajstić information content (AvgIpc) is 2.64. The van der Waals surface area contributed by atoms with Gasteiger partial charge < -0.3 is 0 Å². The summed E-state index contributed by atoms with van der Waals surface area (Å²) in [4.78, 5) is 4.11. The number of pyridine rings is 1. The third-order valence-corrected chi connectivity index (χ3v) is 3.00. The van der Waals surface area contributed by atoms with Crippen molar-refractivity contribution in [1.29, 1.82) is 0 Å². The highest BCUT2D eigenvalue weighted by atomic mass is 15.3. The second-order valence-corrected chi connectivity index (χ2v) is 4.69. The maximum absolute atomic E-state index is 4.35. The maximum atomic E-state index is 4.35. The molecule has 3 aromatic rings. The van der Waals surface area contributed by atoms with E-state index in [-0.39, 0.29) is 0 Å². The van der Waals surface area contributed by atoms with Crippen molar-refractivity contribution < 1.29 is 0 Å². The Balaban J connectivity index is 1.86. The Morgan fingerprint density at radius 1 is 0.826 bits per heavy atom. The normalized spacial score (nSPS) is 11.6. The fourth-order valence-corrected chi connectivity index (χ4v) is 1.87. The number of amidine groups is 1. The number of nitrogens with zero attached hydrogens (tertiary/aromatic N) is 4. The zero-order valence-electron chi connectivity index (χ0n) is 12.4. The Labute approximate surface area is 134 Å². The first-order chi connectivity index (χ1) is 11.4. The lowest BCUT2D eigenvalue weighted by molar-refractivity contribution is 1.21. The Morgan fingerprint density at radius 2 is 1.57 bits per heavy atom. The number of aromatic nitrogens is 1. The molecule has 0 aliphatic rings. The molecular formula is C18H15N5. The van der Waals surface area contributed by atoms with E-state index in [1.165, 1.54) is 0 Å². The van der Waals surface area contributed by atoms with Gasteiger partial charge >= 0.3 is 0 Å². The molecule has 0 atom stereocenters. The monoisotopic (exact) mass is 301 g/mol. The fourth-order valence-electron chi connectivity index (χ4n) is 1.87. The fraction of sp³-hybridized carbons (Fsp3) is 0. The Hall–Kier alpha value is -3.34. The Bertz CT molecular complexity index is 783. The third-order valence-electron chi connectivity index (χ3n) is 3.00. The van der Waals surface area contributed by atoms with Gasteiger partial charge in [0.2, 0.25) is 5.84 Å². The van der Waals surface area contributed by atoms with Gasteiger partial charge in [0, 0.05) is 18.0 Å².